The van der Waals surface area contributed by atoms with Crippen molar-refractivity contribution in [2.24, 2.45) is 18.9 Å². The fourth-order valence-electron chi connectivity index (χ4n) is 6.32. The maximum atomic E-state index is 13.5. The molecule has 7 rings (SSSR count). The minimum atomic E-state index is -3.77. The van der Waals surface area contributed by atoms with Gasteiger partial charge in [0.1, 0.15) is 5.82 Å². The Bertz CT molecular complexity index is 1780. The van der Waals surface area contributed by atoms with Crippen molar-refractivity contribution in [2.45, 2.75) is 23.9 Å². The molecule has 12 heteroatoms. The van der Waals surface area contributed by atoms with E-state index in [1.165, 1.54) is 23.1 Å². The highest BCUT2D eigenvalue weighted by Gasteiger charge is 2.71. The molecule has 1 saturated carbocycles. The van der Waals surface area contributed by atoms with Crippen LogP contribution in [-0.2, 0) is 29.0 Å². The number of piperidine rings is 1. The summed E-state index contributed by atoms with van der Waals surface area (Å²) in [6.45, 7) is 3.55. The summed E-state index contributed by atoms with van der Waals surface area (Å²) in [4.78, 5) is 1.26. The third-order valence-electron chi connectivity index (χ3n) is 8.15. The highest BCUT2D eigenvalue weighted by molar-refractivity contribution is 7.89. The SMILES string of the molecule is Cc1cc2c(cnn2-c2ccc(F)cc2)cc1C12CN(S(=O)(=O)c3cnn(C)n3)CC1C2Cn1cccn1. The van der Waals surface area contributed by atoms with Gasteiger partial charge in [0.05, 0.1) is 23.6 Å². The largest absolute Gasteiger partial charge is 0.272 e. The van der Waals surface area contributed by atoms with E-state index in [2.05, 4.69) is 39.5 Å². The van der Waals surface area contributed by atoms with Gasteiger partial charge in [-0.05, 0) is 72.4 Å². The van der Waals surface area contributed by atoms with E-state index in [1.807, 2.05) is 16.9 Å². The van der Waals surface area contributed by atoms with Crippen LogP contribution in [0.3, 0.4) is 0 Å². The second-order valence-electron chi connectivity index (χ2n) is 10.2. The number of sulfonamides is 1. The molecule has 3 aromatic heterocycles. The first-order valence-electron chi connectivity index (χ1n) is 12.4. The van der Waals surface area contributed by atoms with Crippen LogP contribution < -0.4 is 0 Å². The molecular formula is C26H25FN8O2S. The Morgan fingerprint density at radius 3 is 2.63 bits per heavy atom. The molecule has 1 saturated heterocycles. The van der Waals surface area contributed by atoms with Crippen molar-refractivity contribution in [1.82, 2.24) is 38.9 Å². The van der Waals surface area contributed by atoms with Crippen LogP contribution in [0.2, 0.25) is 0 Å². The first-order chi connectivity index (χ1) is 18.3. The molecule has 4 heterocycles. The molecule has 3 atom stereocenters. The van der Waals surface area contributed by atoms with E-state index in [-0.39, 0.29) is 28.1 Å². The molecule has 2 aliphatic rings. The second-order valence-corrected chi connectivity index (χ2v) is 12.1. The van der Waals surface area contributed by atoms with Gasteiger partial charge >= 0.3 is 0 Å². The molecule has 10 nitrogen and oxygen atoms in total. The number of hydrogen-bond acceptors (Lipinski definition) is 6. The van der Waals surface area contributed by atoms with Gasteiger partial charge in [0.2, 0.25) is 5.03 Å². The number of aromatic nitrogens is 7. The lowest BCUT2D eigenvalue weighted by Gasteiger charge is -2.24. The molecule has 0 N–H and O–H groups in total. The van der Waals surface area contributed by atoms with Gasteiger partial charge < -0.3 is 0 Å². The van der Waals surface area contributed by atoms with Crippen molar-refractivity contribution in [1.29, 1.82) is 0 Å². The lowest BCUT2D eigenvalue weighted by Crippen LogP contribution is -2.36. The van der Waals surface area contributed by atoms with E-state index in [0.29, 0.717) is 19.6 Å². The van der Waals surface area contributed by atoms with Gasteiger partial charge in [-0.25, -0.2) is 17.5 Å². The molecule has 1 aliphatic carbocycles. The predicted molar refractivity (Wildman–Crippen MR) is 136 cm³/mol. The average Bonchev–Trinajstić information content (AvgIpc) is 3.54. The first kappa shape index (κ1) is 23.2. The van der Waals surface area contributed by atoms with Crippen molar-refractivity contribution in [3.05, 3.63) is 84.2 Å². The lowest BCUT2D eigenvalue weighted by atomic mass is 9.88. The van der Waals surface area contributed by atoms with Crippen LogP contribution >= 0.6 is 0 Å². The summed E-state index contributed by atoms with van der Waals surface area (Å²) in [6.07, 6.45) is 6.81. The predicted octanol–water partition coefficient (Wildman–Crippen LogP) is 2.69. The normalized spacial score (nSPS) is 23.2. The van der Waals surface area contributed by atoms with Crippen LogP contribution in [0.4, 0.5) is 4.39 Å². The fraction of sp³-hybridized carbons (Fsp3) is 0.308. The van der Waals surface area contributed by atoms with Gasteiger partial charge in [-0.2, -0.15) is 24.4 Å². The Kier molecular flexibility index (Phi) is 4.92. The molecule has 0 bridgehead atoms. The summed E-state index contributed by atoms with van der Waals surface area (Å²) in [5, 5.41) is 17.9. The third kappa shape index (κ3) is 3.36. The molecule has 0 spiro atoms. The zero-order chi connectivity index (χ0) is 26.2. The van der Waals surface area contributed by atoms with Crippen LogP contribution in [0, 0.1) is 24.6 Å². The molecule has 5 aromatic rings. The standard InChI is InChI=1S/C26H25FN8O2S/c1-17-10-24-18(12-30-35(24)20-6-4-19(27)5-7-20)11-21(17)26-16-34(38(36,37)25-13-29-32(2)31-25)15-23(26)22(26)14-33-9-3-8-28-33/h3-13,22-23H,14-16H2,1-2H3. The van der Waals surface area contributed by atoms with E-state index < -0.39 is 10.0 Å². The molecule has 0 amide bonds. The Morgan fingerprint density at radius 1 is 1.11 bits per heavy atom. The number of nitrogens with zero attached hydrogens (tertiary/aromatic N) is 8. The second kappa shape index (κ2) is 8.05. The number of rotatable bonds is 6. The van der Waals surface area contributed by atoms with Crippen LogP contribution in [0.5, 0.6) is 0 Å². The van der Waals surface area contributed by atoms with Crippen molar-refractivity contribution in [3.8, 4) is 5.69 Å². The van der Waals surface area contributed by atoms with Crippen molar-refractivity contribution in [2.75, 3.05) is 13.1 Å². The van der Waals surface area contributed by atoms with Crippen LogP contribution in [-0.4, -0.2) is 60.4 Å². The molecule has 194 valence electrons. The zero-order valence-corrected chi connectivity index (χ0v) is 21.6. The highest BCUT2D eigenvalue weighted by Crippen LogP contribution is 2.66. The van der Waals surface area contributed by atoms with E-state index in [0.717, 1.165) is 27.7 Å². The summed E-state index contributed by atoms with van der Waals surface area (Å²) in [7, 11) is -2.17. The number of benzene rings is 2. The van der Waals surface area contributed by atoms with E-state index in [9.17, 15) is 12.8 Å². The molecule has 1 aliphatic heterocycles. The molecule has 2 aromatic carbocycles. The summed E-state index contributed by atoms with van der Waals surface area (Å²) >= 11 is 0. The fourth-order valence-corrected chi connectivity index (χ4v) is 7.73. The van der Waals surface area contributed by atoms with Crippen LogP contribution in [0.15, 0.2) is 72.3 Å². The molecule has 3 unspecified atom stereocenters. The Labute approximate surface area is 218 Å². The Balaban J connectivity index is 1.30. The smallest absolute Gasteiger partial charge is 0.264 e. The Hall–Kier alpha value is -3.90. The molecule has 2 fully saturated rings. The van der Waals surface area contributed by atoms with Gasteiger partial charge in [0.15, 0.2) is 0 Å². The van der Waals surface area contributed by atoms with Gasteiger partial charge in [-0.1, -0.05) is 0 Å². The number of hydrogen-bond donors (Lipinski definition) is 0. The maximum absolute atomic E-state index is 13.5. The monoisotopic (exact) mass is 532 g/mol. The van der Waals surface area contributed by atoms with Gasteiger partial charge in [0, 0.05) is 49.9 Å². The first-order valence-corrected chi connectivity index (χ1v) is 13.8. The van der Waals surface area contributed by atoms with Crippen molar-refractivity contribution >= 4 is 20.9 Å². The zero-order valence-electron chi connectivity index (χ0n) is 20.8. The molecular weight excluding hydrogens is 507 g/mol. The molecule has 38 heavy (non-hydrogen) atoms. The number of aryl methyl sites for hydroxylation is 2. The summed E-state index contributed by atoms with van der Waals surface area (Å²) < 4.78 is 45.6. The maximum Gasteiger partial charge on any atom is 0.264 e. The Morgan fingerprint density at radius 2 is 1.92 bits per heavy atom. The van der Waals surface area contributed by atoms with Gasteiger partial charge in [0.25, 0.3) is 10.0 Å². The highest BCUT2D eigenvalue weighted by atomic mass is 32.2. The van der Waals surface area contributed by atoms with Gasteiger partial charge in [-0.3, -0.25) is 4.68 Å². The summed E-state index contributed by atoms with van der Waals surface area (Å²) in [6, 6.07) is 12.4. The van der Waals surface area contributed by atoms with Crippen molar-refractivity contribution < 1.29 is 12.8 Å². The molecule has 0 radical (unpaired) electrons. The number of halogens is 1. The lowest BCUT2D eigenvalue weighted by molar-refractivity contribution is 0.370. The van der Waals surface area contributed by atoms with E-state index in [1.54, 1.807) is 40.6 Å². The summed E-state index contributed by atoms with van der Waals surface area (Å²) in [5.74, 6) is 0.0773. The minimum Gasteiger partial charge on any atom is -0.272 e. The topological polar surface area (TPSA) is 104 Å². The third-order valence-corrected chi connectivity index (χ3v) is 9.82. The van der Waals surface area contributed by atoms with Crippen molar-refractivity contribution in [3.63, 3.8) is 0 Å². The summed E-state index contributed by atoms with van der Waals surface area (Å²) in [5.41, 5.74) is 3.53. The quantitative estimate of drug-likeness (QED) is 0.333. The number of fused-ring (bicyclic) bond motifs is 2. The van der Waals surface area contributed by atoms with Crippen LogP contribution in [0.1, 0.15) is 11.1 Å². The minimum absolute atomic E-state index is 0.0344. The average molecular weight is 533 g/mol. The van der Waals surface area contributed by atoms with Gasteiger partial charge in [-0.15, -0.1) is 5.10 Å². The van der Waals surface area contributed by atoms with Crippen LogP contribution in [0.25, 0.3) is 16.6 Å². The van der Waals surface area contributed by atoms with E-state index in [4.69, 9.17) is 0 Å². The van der Waals surface area contributed by atoms with E-state index >= 15 is 0 Å².